The lowest BCUT2D eigenvalue weighted by molar-refractivity contribution is -0.735. The third-order valence-electron chi connectivity index (χ3n) is 12.5. The van der Waals surface area contributed by atoms with Crippen LogP contribution in [-0.2, 0) is 49.9 Å². The molecule has 0 radical (unpaired) electrons. The van der Waals surface area contributed by atoms with Gasteiger partial charge < -0.3 is 29.8 Å². The summed E-state index contributed by atoms with van der Waals surface area (Å²) >= 11 is 0. The fourth-order valence-electron chi connectivity index (χ4n) is 9.49. The summed E-state index contributed by atoms with van der Waals surface area (Å²) < 4.78 is 14.0. The van der Waals surface area contributed by atoms with Crippen LogP contribution >= 0.6 is 0 Å². The Balaban J connectivity index is 1.33. The van der Waals surface area contributed by atoms with Gasteiger partial charge in [0.1, 0.15) is 22.7 Å². The minimum Gasteiger partial charge on any atom is -0.508 e. The predicted molar refractivity (Wildman–Crippen MR) is 237 cm³/mol. The normalized spacial score (nSPS) is 21.3. The van der Waals surface area contributed by atoms with Gasteiger partial charge in [0.2, 0.25) is 11.9 Å². The van der Waals surface area contributed by atoms with E-state index in [0.29, 0.717) is 57.5 Å². The number of phenols is 1. The Morgan fingerprint density at radius 3 is 2.66 bits per heavy atom. The zero-order chi connectivity index (χ0) is 44.3. The van der Waals surface area contributed by atoms with Gasteiger partial charge in [-0.05, 0) is 103 Å². The fourth-order valence-corrected chi connectivity index (χ4v) is 9.49. The van der Waals surface area contributed by atoms with E-state index in [-0.39, 0.29) is 30.7 Å². The van der Waals surface area contributed by atoms with Crippen LogP contribution in [-0.4, -0.2) is 112 Å². The second-order valence-corrected chi connectivity index (χ2v) is 18.3. The second-order valence-electron chi connectivity index (χ2n) is 18.3. The molecule has 2 fully saturated rings. The first-order chi connectivity index (χ1) is 29.7. The maximum atomic E-state index is 14.6. The number of hydrogen-bond acceptors (Lipinski definition) is 10. The molecule has 0 aliphatic carbocycles. The van der Waals surface area contributed by atoms with Gasteiger partial charge in [-0.25, -0.2) is 5.43 Å². The van der Waals surface area contributed by atoms with Gasteiger partial charge in [0, 0.05) is 67.3 Å². The molecule has 15 nitrogen and oxygen atoms in total. The lowest BCUT2D eigenvalue weighted by Crippen LogP contribution is -2.62. The van der Waals surface area contributed by atoms with E-state index in [0.717, 1.165) is 62.2 Å². The summed E-state index contributed by atoms with van der Waals surface area (Å²) in [5.74, 6) is -1.64. The van der Waals surface area contributed by atoms with E-state index in [1.54, 1.807) is 32.5 Å². The Morgan fingerprint density at radius 1 is 1.13 bits per heavy atom. The van der Waals surface area contributed by atoms with Crippen molar-refractivity contribution in [3.63, 3.8) is 0 Å². The van der Waals surface area contributed by atoms with Gasteiger partial charge in [-0.3, -0.25) is 24.4 Å². The van der Waals surface area contributed by atoms with Gasteiger partial charge in [0.05, 0.1) is 37.4 Å². The first-order valence-corrected chi connectivity index (χ1v) is 22.0. The summed E-state index contributed by atoms with van der Waals surface area (Å²) in [6.07, 6.45) is 6.81. The monoisotopic (exact) mass is 851 g/mol. The number of hydrazine groups is 2. The zero-order valence-corrected chi connectivity index (χ0v) is 37.2. The number of phenolic OH excluding ortho intramolecular Hbond substituents is 1. The van der Waals surface area contributed by atoms with Crippen molar-refractivity contribution in [1.82, 2.24) is 35.6 Å². The molecule has 0 unspecified atom stereocenters. The molecule has 3 aliphatic rings. The van der Waals surface area contributed by atoms with Gasteiger partial charge >= 0.3 is 5.97 Å². The van der Waals surface area contributed by atoms with E-state index in [1.165, 1.54) is 10.0 Å². The number of aromatic hydroxyl groups is 1. The summed E-state index contributed by atoms with van der Waals surface area (Å²) in [7, 11) is 3.30. The Kier molecular flexibility index (Phi) is 13.6. The van der Waals surface area contributed by atoms with Crippen molar-refractivity contribution >= 4 is 28.7 Å². The van der Waals surface area contributed by atoms with Crippen molar-refractivity contribution in [2.24, 2.45) is 11.3 Å². The summed E-state index contributed by atoms with van der Waals surface area (Å²) in [6, 6.07) is 10.4. The number of carbonyl (C=O) groups is 3. The summed E-state index contributed by atoms with van der Waals surface area (Å²) in [5, 5.41) is 21.4. The number of nitroso groups, excluding NO2 is 1. The van der Waals surface area contributed by atoms with Crippen LogP contribution in [0.2, 0.25) is 0 Å². The minimum atomic E-state index is -1.11. The van der Waals surface area contributed by atoms with E-state index in [1.807, 2.05) is 38.2 Å². The van der Waals surface area contributed by atoms with Crippen molar-refractivity contribution in [3.05, 3.63) is 76.5 Å². The first kappa shape index (κ1) is 44.7. The van der Waals surface area contributed by atoms with E-state index < -0.39 is 41.3 Å². The van der Waals surface area contributed by atoms with Crippen LogP contribution in [0.25, 0.3) is 33.3 Å². The summed E-state index contributed by atoms with van der Waals surface area (Å²) in [6.45, 7) is 12.9. The molecule has 3 aliphatic heterocycles. The largest absolute Gasteiger partial charge is 0.508 e. The predicted octanol–water partition coefficient (Wildman–Crippen LogP) is 5.29. The summed E-state index contributed by atoms with van der Waals surface area (Å²) in [5.41, 5.74) is 9.91. The number of piperidine rings is 1. The summed E-state index contributed by atoms with van der Waals surface area (Å²) in [4.78, 5) is 61.9. The number of carbonyl (C=O) groups excluding carboxylic acids is 3. The number of methoxy groups -OCH3 is 1. The molecule has 0 saturated carbocycles. The number of hydrogen-bond donors (Lipinski definition) is 4. The van der Waals surface area contributed by atoms with Gasteiger partial charge in [-0.1, -0.05) is 39.8 Å². The van der Waals surface area contributed by atoms with Crippen LogP contribution in [0.1, 0.15) is 77.0 Å². The van der Waals surface area contributed by atoms with Gasteiger partial charge in [-0.15, -0.1) is 5.01 Å². The molecule has 4 atom stereocenters. The van der Waals surface area contributed by atoms with E-state index in [4.69, 9.17) is 9.47 Å². The van der Waals surface area contributed by atoms with Crippen LogP contribution in [0.3, 0.4) is 0 Å². The van der Waals surface area contributed by atoms with Crippen molar-refractivity contribution < 1.29 is 33.8 Å². The van der Waals surface area contributed by atoms with Crippen LogP contribution < -0.4 is 16.1 Å². The maximum absolute atomic E-state index is 14.6. The topological polar surface area (TPSA) is 170 Å². The molecule has 332 valence electrons. The minimum absolute atomic E-state index is 0.0130. The molecule has 5 heterocycles. The number of esters is 1. The van der Waals surface area contributed by atoms with Crippen molar-refractivity contribution in [2.45, 2.75) is 110 Å². The molecular formula is C47H63N8O7+. The Hall–Kier alpha value is -5.38. The first-order valence-electron chi connectivity index (χ1n) is 22.0. The Morgan fingerprint density at radius 2 is 1.94 bits per heavy atom. The maximum Gasteiger partial charge on any atom is 0.324 e. The number of aromatic nitrogens is 2. The third-order valence-corrected chi connectivity index (χ3v) is 12.5. The molecule has 2 saturated heterocycles. The number of benzene rings is 2. The molecule has 4 aromatic rings. The molecule has 4 N–H and O–H groups in total. The number of cyclic esters (lactones) is 1. The van der Waals surface area contributed by atoms with Gasteiger partial charge in [-0.2, -0.15) is 0 Å². The number of fused-ring (bicyclic) bond motifs is 6. The Bertz CT molecular complexity index is 2300. The number of likely N-dealkylation sites (N-methyl/N-ethyl adjacent to an activating group) is 1. The molecule has 6 bridgehead atoms. The number of ether oxygens (including phenoxy) is 2. The van der Waals surface area contributed by atoms with Crippen LogP contribution in [0.15, 0.2) is 54.9 Å². The number of rotatable bonds is 10. The third kappa shape index (κ3) is 9.49. The number of nitrogens with one attached hydrogen (secondary N) is 3. The SMILES string of the molecule is CCn1c(-c2cnccc2COC)c2c3cc(ccc31)-c1cc(O)cc(c1)C[C@H](NC(=O)[C@H](C(C)C)N(C)[N+](=O)[C@@H]1CCCNC1)C(=O)N1CCC[C@H](N1)C(=O)OCC(C)(C)C2. The molecule has 7 rings (SSSR count). The molecular weight excluding hydrogens is 789 g/mol. The van der Waals surface area contributed by atoms with Crippen molar-refractivity contribution in [2.75, 3.05) is 40.4 Å². The molecule has 2 aromatic heterocycles. The van der Waals surface area contributed by atoms with E-state index in [9.17, 15) is 24.4 Å². The molecule has 2 amide bonds. The smallest absolute Gasteiger partial charge is 0.324 e. The van der Waals surface area contributed by atoms with E-state index >= 15 is 0 Å². The highest BCUT2D eigenvalue weighted by molar-refractivity contribution is 5.95. The lowest BCUT2D eigenvalue weighted by Gasteiger charge is -2.36. The molecule has 2 aromatic carbocycles. The number of aryl methyl sites for hydroxylation is 1. The highest BCUT2D eigenvalue weighted by Gasteiger charge is 2.42. The number of pyridine rings is 1. The average molecular weight is 852 g/mol. The highest BCUT2D eigenvalue weighted by atomic mass is 16.5. The van der Waals surface area contributed by atoms with Crippen LogP contribution in [0, 0.1) is 16.2 Å². The van der Waals surface area contributed by atoms with Crippen molar-refractivity contribution in [1.29, 1.82) is 0 Å². The Labute approximate surface area is 364 Å². The number of nitrogens with zero attached hydrogens (tertiary/aromatic N) is 5. The molecule has 0 spiro atoms. The average Bonchev–Trinajstić information content (AvgIpc) is 3.56. The fraction of sp³-hybridized carbons (Fsp3) is 0.532. The lowest BCUT2D eigenvalue weighted by atomic mass is 9.84. The number of amides is 2. The quantitative estimate of drug-likeness (QED) is 0.0929. The molecule has 62 heavy (non-hydrogen) atoms. The second kappa shape index (κ2) is 18.9. The van der Waals surface area contributed by atoms with Crippen LogP contribution in [0.5, 0.6) is 5.75 Å². The van der Waals surface area contributed by atoms with Gasteiger partial charge in [0.15, 0.2) is 6.04 Å². The van der Waals surface area contributed by atoms with Gasteiger partial charge in [0.25, 0.3) is 5.91 Å². The highest BCUT2D eigenvalue weighted by Crippen LogP contribution is 2.41. The van der Waals surface area contributed by atoms with E-state index in [2.05, 4.69) is 58.5 Å². The molecule has 15 heteroatoms. The standard InChI is InChI=1S/C47H62N8O7/c1-8-53-41-14-13-31-23-36(41)37(43(53)38-26-49-17-15-32(38)27-61-7)24-47(4,5)28-62-46(59)39-12-10-18-54(51-39)45(58)40(21-30-19-33(31)22-35(56)20-30)50-44(57)42(29(2)3)52(6)55(60)34-11-9-16-48-25-34/h13-15,17,19-20,22-23,26,29,34,39-40,42,48,51H,8-12,16,18,21,24-25,27-28H2,1-7H3,(H-,50,56,57)/p+1/t34-,39+,40+,42+/m1/s1. The zero-order valence-electron chi connectivity index (χ0n) is 37.2. The van der Waals surface area contributed by atoms with Crippen molar-refractivity contribution in [3.8, 4) is 28.1 Å². The van der Waals surface area contributed by atoms with Crippen LogP contribution in [0.4, 0.5) is 0 Å².